The summed E-state index contributed by atoms with van der Waals surface area (Å²) in [5.74, 6) is 0.439. The molecule has 0 aliphatic carbocycles. The summed E-state index contributed by atoms with van der Waals surface area (Å²) in [4.78, 5) is 12.3. The number of Topliss-reactive ketones (excluding diaryl/α,β-unsaturated/α-hetero) is 1. The average molecular weight is 315 g/mol. The molecule has 2 heterocycles. The van der Waals surface area contributed by atoms with Gasteiger partial charge in [-0.25, -0.2) is 8.42 Å². The van der Waals surface area contributed by atoms with Gasteiger partial charge in [0.2, 0.25) is 0 Å². The highest BCUT2D eigenvalue weighted by Gasteiger charge is 2.33. The number of benzene rings is 1. The van der Waals surface area contributed by atoms with Gasteiger partial charge < -0.3 is 4.74 Å². The topological polar surface area (TPSA) is 60.4 Å². The van der Waals surface area contributed by atoms with E-state index in [-0.39, 0.29) is 29.6 Å². The summed E-state index contributed by atoms with van der Waals surface area (Å²) in [6, 6.07) is 3.60. The molecule has 6 heteroatoms. The maximum absolute atomic E-state index is 12.3. The number of halogens is 1. The first-order valence-electron chi connectivity index (χ1n) is 6.62. The lowest BCUT2D eigenvalue weighted by Crippen LogP contribution is -2.18. The second-order valence-electron chi connectivity index (χ2n) is 5.39. The van der Waals surface area contributed by atoms with Crippen LogP contribution in [0.15, 0.2) is 12.1 Å². The highest BCUT2D eigenvalue weighted by molar-refractivity contribution is 7.91. The van der Waals surface area contributed by atoms with Gasteiger partial charge >= 0.3 is 0 Å². The minimum absolute atomic E-state index is 0.0184. The second-order valence-corrected chi connectivity index (χ2v) is 8.06. The van der Waals surface area contributed by atoms with Crippen molar-refractivity contribution in [3.05, 3.63) is 28.3 Å². The molecule has 0 amide bonds. The summed E-state index contributed by atoms with van der Waals surface area (Å²) in [6.07, 6.45) is 1.43. The lowest BCUT2D eigenvalue weighted by atomic mass is 9.96. The lowest BCUT2D eigenvalue weighted by Gasteiger charge is -2.11. The third-order valence-corrected chi connectivity index (χ3v) is 5.86. The lowest BCUT2D eigenvalue weighted by molar-refractivity contribution is -0.121. The molecular weight excluding hydrogens is 300 g/mol. The fraction of sp³-hybridized carbons (Fsp3) is 0.500. The van der Waals surface area contributed by atoms with E-state index >= 15 is 0 Å². The fourth-order valence-corrected chi connectivity index (χ4v) is 4.90. The second kappa shape index (κ2) is 5.04. The van der Waals surface area contributed by atoms with Gasteiger partial charge in [-0.15, -0.1) is 0 Å². The molecule has 0 bridgehead atoms. The Morgan fingerprint density at radius 1 is 1.40 bits per heavy atom. The Hall–Kier alpha value is -1.07. The first-order valence-corrected chi connectivity index (χ1v) is 8.82. The van der Waals surface area contributed by atoms with Crippen molar-refractivity contribution in [2.24, 2.45) is 5.92 Å². The quantitative estimate of drug-likeness (QED) is 0.854. The van der Waals surface area contributed by atoms with Gasteiger partial charge in [0.1, 0.15) is 11.5 Å². The molecule has 0 radical (unpaired) electrons. The summed E-state index contributed by atoms with van der Waals surface area (Å²) in [7, 11) is -3.03. The number of rotatable bonds is 3. The van der Waals surface area contributed by atoms with Crippen LogP contribution >= 0.6 is 11.6 Å². The molecular formula is C14H15ClO4S. The van der Waals surface area contributed by atoms with Crippen molar-refractivity contribution >= 4 is 27.2 Å². The molecule has 1 atom stereocenters. The number of ether oxygens (including phenoxy) is 1. The molecule has 0 saturated carbocycles. The molecule has 2 aliphatic heterocycles. The number of sulfone groups is 1. The van der Waals surface area contributed by atoms with E-state index in [2.05, 4.69) is 0 Å². The van der Waals surface area contributed by atoms with Gasteiger partial charge in [0.15, 0.2) is 9.84 Å². The van der Waals surface area contributed by atoms with E-state index in [1.165, 1.54) is 0 Å². The summed E-state index contributed by atoms with van der Waals surface area (Å²) in [6.45, 7) is 0.606. The standard InChI is InChI=1S/C14H15ClO4S/c15-12-5-9-1-3-19-14(9)11(6-12)7-13(16)10-2-4-20(17,18)8-10/h5-6,10H,1-4,7-8H2. The van der Waals surface area contributed by atoms with Crippen molar-refractivity contribution in [1.82, 2.24) is 0 Å². The summed E-state index contributed by atoms with van der Waals surface area (Å²) in [5, 5.41) is 0.594. The number of hydrogen-bond donors (Lipinski definition) is 0. The van der Waals surface area contributed by atoms with Crippen molar-refractivity contribution in [1.29, 1.82) is 0 Å². The molecule has 1 saturated heterocycles. The van der Waals surface area contributed by atoms with E-state index in [1.54, 1.807) is 6.07 Å². The zero-order valence-electron chi connectivity index (χ0n) is 10.9. The van der Waals surface area contributed by atoms with E-state index < -0.39 is 9.84 Å². The molecule has 2 aliphatic rings. The van der Waals surface area contributed by atoms with E-state index in [0.717, 1.165) is 23.3 Å². The van der Waals surface area contributed by atoms with Crippen molar-refractivity contribution < 1.29 is 17.9 Å². The van der Waals surface area contributed by atoms with Crippen LogP contribution in [-0.4, -0.2) is 32.3 Å². The van der Waals surface area contributed by atoms with Crippen LogP contribution in [0.5, 0.6) is 5.75 Å². The molecule has 0 N–H and O–H groups in total. The first kappa shape index (κ1) is 13.9. The van der Waals surface area contributed by atoms with Gasteiger partial charge in [-0.3, -0.25) is 4.79 Å². The third kappa shape index (κ3) is 2.69. The SMILES string of the molecule is O=C(Cc1cc(Cl)cc2c1OCC2)C1CCS(=O)(=O)C1. The fourth-order valence-electron chi connectivity index (χ4n) is 2.86. The number of fused-ring (bicyclic) bond motifs is 1. The molecule has 4 nitrogen and oxygen atoms in total. The van der Waals surface area contributed by atoms with Gasteiger partial charge in [-0.1, -0.05) is 11.6 Å². The number of ketones is 1. The van der Waals surface area contributed by atoms with Crippen LogP contribution < -0.4 is 4.74 Å². The highest BCUT2D eigenvalue weighted by atomic mass is 35.5. The summed E-state index contributed by atoms with van der Waals surface area (Å²) in [5.41, 5.74) is 1.80. The van der Waals surface area contributed by atoms with Crippen LogP contribution in [0.25, 0.3) is 0 Å². The van der Waals surface area contributed by atoms with Crippen LogP contribution in [0.4, 0.5) is 0 Å². The van der Waals surface area contributed by atoms with Gasteiger partial charge in [0.05, 0.1) is 18.1 Å². The predicted molar refractivity (Wildman–Crippen MR) is 76.1 cm³/mol. The van der Waals surface area contributed by atoms with Crippen molar-refractivity contribution in [2.75, 3.05) is 18.1 Å². The predicted octanol–water partition coefficient (Wildman–Crippen LogP) is 1.82. The average Bonchev–Trinajstić information content (AvgIpc) is 2.95. The van der Waals surface area contributed by atoms with Crippen LogP contribution in [0, 0.1) is 5.92 Å². The number of hydrogen-bond acceptors (Lipinski definition) is 4. The zero-order chi connectivity index (χ0) is 14.3. The van der Waals surface area contributed by atoms with Crippen molar-refractivity contribution in [2.45, 2.75) is 19.3 Å². The molecule has 1 aromatic carbocycles. The maximum Gasteiger partial charge on any atom is 0.151 e. The molecule has 0 spiro atoms. The van der Waals surface area contributed by atoms with Crippen LogP contribution in [0.1, 0.15) is 17.5 Å². The minimum Gasteiger partial charge on any atom is -0.493 e. The van der Waals surface area contributed by atoms with E-state index in [1.807, 2.05) is 6.07 Å². The Bertz CT molecular complexity index is 666. The maximum atomic E-state index is 12.3. The Morgan fingerprint density at radius 2 is 2.20 bits per heavy atom. The zero-order valence-corrected chi connectivity index (χ0v) is 12.5. The Labute approximate surface area is 123 Å². The smallest absolute Gasteiger partial charge is 0.151 e. The molecule has 1 unspecified atom stereocenters. The molecule has 1 fully saturated rings. The van der Waals surface area contributed by atoms with Crippen LogP contribution in [-0.2, 0) is 27.5 Å². The first-order chi connectivity index (χ1) is 9.44. The summed E-state index contributed by atoms with van der Waals surface area (Å²) < 4.78 is 28.4. The van der Waals surface area contributed by atoms with Gasteiger partial charge in [-0.2, -0.15) is 0 Å². The van der Waals surface area contributed by atoms with Crippen molar-refractivity contribution in [3.63, 3.8) is 0 Å². The van der Waals surface area contributed by atoms with E-state index in [0.29, 0.717) is 18.1 Å². The van der Waals surface area contributed by atoms with Gasteiger partial charge in [-0.05, 0) is 24.1 Å². The normalized spacial score (nSPS) is 23.4. The molecule has 108 valence electrons. The van der Waals surface area contributed by atoms with Crippen LogP contribution in [0.2, 0.25) is 5.02 Å². The van der Waals surface area contributed by atoms with Gasteiger partial charge in [0.25, 0.3) is 0 Å². The molecule has 0 aromatic heterocycles. The molecule has 20 heavy (non-hydrogen) atoms. The summed E-state index contributed by atoms with van der Waals surface area (Å²) >= 11 is 6.05. The highest BCUT2D eigenvalue weighted by Crippen LogP contribution is 2.34. The number of carbonyl (C=O) groups is 1. The van der Waals surface area contributed by atoms with E-state index in [9.17, 15) is 13.2 Å². The monoisotopic (exact) mass is 314 g/mol. The largest absolute Gasteiger partial charge is 0.493 e. The van der Waals surface area contributed by atoms with Gasteiger partial charge in [0, 0.05) is 29.3 Å². The van der Waals surface area contributed by atoms with Crippen LogP contribution in [0.3, 0.4) is 0 Å². The Kier molecular flexibility index (Phi) is 3.50. The molecule has 3 rings (SSSR count). The minimum atomic E-state index is -3.03. The number of carbonyl (C=O) groups excluding carboxylic acids is 1. The Morgan fingerprint density at radius 3 is 2.90 bits per heavy atom. The Balaban J connectivity index is 1.80. The third-order valence-electron chi connectivity index (χ3n) is 3.88. The van der Waals surface area contributed by atoms with Crippen molar-refractivity contribution in [3.8, 4) is 5.75 Å². The van der Waals surface area contributed by atoms with E-state index in [4.69, 9.17) is 16.3 Å². The molecule has 1 aromatic rings.